The second kappa shape index (κ2) is 2.90. The second-order valence-corrected chi connectivity index (χ2v) is 3.77. The molecule has 2 rings (SSSR count). The van der Waals surface area contributed by atoms with Crippen LogP contribution in [-0.4, -0.2) is 10.1 Å². The van der Waals surface area contributed by atoms with Gasteiger partial charge in [-0.05, 0) is 40.8 Å². The smallest absolute Gasteiger partial charge is 0.141 e. The van der Waals surface area contributed by atoms with E-state index in [-0.39, 0.29) is 5.75 Å². The fourth-order valence-electron chi connectivity index (χ4n) is 1.13. The van der Waals surface area contributed by atoms with Crippen molar-refractivity contribution in [1.82, 2.24) is 4.98 Å². The third-order valence-corrected chi connectivity index (χ3v) is 2.37. The zero-order valence-electron chi connectivity index (χ0n) is 6.16. The summed E-state index contributed by atoms with van der Waals surface area (Å²) in [5, 5.41) is 11.2. The van der Waals surface area contributed by atoms with E-state index in [9.17, 15) is 5.11 Å². The van der Waals surface area contributed by atoms with E-state index in [2.05, 4.69) is 27.6 Å². The van der Waals surface area contributed by atoms with Gasteiger partial charge >= 0.3 is 0 Å². The minimum absolute atomic E-state index is 0.240. The van der Waals surface area contributed by atoms with Crippen molar-refractivity contribution >= 4 is 33.4 Å². The molecule has 12 heavy (non-hydrogen) atoms. The molecular weight excluding hydrogens is 265 g/mol. The predicted molar refractivity (Wildman–Crippen MR) is 56.1 cm³/mol. The summed E-state index contributed by atoms with van der Waals surface area (Å²) < 4.78 is 1.15. The zero-order chi connectivity index (χ0) is 8.55. The number of benzene rings is 1. The van der Waals surface area contributed by atoms with E-state index in [1.165, 1.54) is 6.20 Å². The molecular formula is C9H6INO. The van der Waals surface area contributed by atoms with Gasteiger partial charge in [-0.25, -0.2) is 0 Å². The molecule has 0 aliphatic rings. The summed E-state index contributed by atoms with van der Waals surface area (Å²) in [6.45, 7) is 0. The lowest BCUT2D eigenvalue weighted by Crippen LogP contribution is -1.78. The fourth-order valence-corrected chi connectivity index (χ4v) is 1.65. The van der Waals surface area contributed by atoms with Gasteiger partial charge in [0.2, 0.25) is 0 Å². The van der Waals surface area contributed by atoms with Crippen LogP contribution >= 0.6 is 22.6 Å². The molecule has 1 aromatic carbocycles. The number of hydrogen-bond acceptors (Lipinski definition) is 2. The van der Waals surface area contributed by atoms with Gasteiger partial charge in [0.1, 0.15) is 5.75 Å². The third kappa shape index (κ3) is 1.24. The van der Waals surface area contributed by atoms with E-state index in [0.717, 1.165) is 14.3 Å². The minimum Gasteiger partial charge on any atom is -0.506 e. The van der Waals surface area contributed by atoms with Crippen molar-refractivity contribution in [2.45, 2.75) is 0 Å². The summed E-state index contributed by atoms with van der Waals surface area (Å²) in [5.41, 5.74) is 0. The number of pyridine rings is 1. The SMILES string of the molecule is Oc1cncc2cc(I)ccc12. The standard InChI is InChI=1S/C9H6INO/c10-7-1-2-8-6(3-7)4-11-5-9(8)12/h1-5,12H. The molecule has 0 aliphatic heterocycles. The summed E-state index contributed by atoms with van der Waals surface area (Å²) in [4.78, 5) is 3.90. The molecule has 0 amide bonds. The van der Waals surface area contributed by atoms with Gasteiger partial charge in [0.05, 0.1) is 6.20 Å². The van der Waals surface area contributed by atoms with Crippen LogP contribution in [0.2, 0.25) is 0 Å². The highest BCUT2D eigenvalue weighted by atomic mass is 127. The van der Waals surface area contributed by atoms with Crippen LogP contribution in [0.3, 0.4) is 0 Å². The first-order chi connectivity index (χ1) is 5.77. The van der Waals surface area contributed by atoms with Crippen LogP contribution in [-0.2, 0) is 0 Å². The molecule has 0 saturated heterocycles. The Balaban J connectivity index is 2.86. The average Bonchev–Trinajstić information content (AvgIpc) is 2.04. The Morgan fingerprint density at radius 1 is 1.25 bits per heavy atom. The lowest BCUT2D eigenvalue weighted by Gasteiger charge is -1.99. The van der Waals surface area contributed by atoms with Crippen LogP contribution in [0.25, 0.3) is 10.8 Å². The molecule has 0 spiro atoms. The number of aromatic nitrogens is 1. The van der Waals surface area contributed by atoms with Crippen molar-refractivity contribution in [3.8, 4) is 5.75 Å². The van der Waals surface area contributed by atoms with Crippen molar-refractivity contribution in [3.05, 3.63) is 34.2 Å². The molecule has 0 saturated carbocycles. The van der Waals surface area contributed by atoms with Crippen LogP contribution in [0.5, 0.6) is 5.75 Å². The predicted octanol–water partition coefficient (Wildman–Crippen LogP) is 2.55. The van der Waals surface area contributed by atoms with E-state index in [4.69, 9.17) is 0 Å². The lowest BCUT2D eigenvalue weighted by atomic mass is 10.2. The van der Waals surface area contributed by atoms with Gasteiger partial charge in [0.25, 0.3) is 0 Å². The molecule has 0 bridgehead atoms. The van der Waals surface area contributed by atoms with Crippen molar-refractivity contribution < 1.29 is 5.11 Å². The number of hydrogen-bond donors (Lipinski definition) is 1. The van der Waals surface area contributed by atoms with E-state index >= 15 is 0 Å². The van der Waals surface area contributed by atoms with Crippen LogP contribution in [0, 0.1) is 3.57 Å². The van der Waals surface area contributed by atoms with Crippen molar-refractivity contribution in [1.29, 1.82) is 0 Å². The Kier molecular flexibility index (Phi) is 1.88. The van der Waals surface area contributed by atoms with Gasteiger partial charge in [0.15, 0.2) is 0 Å². The molecule has 1 heterocycles. The summed E-state index contributed by atoms with van der Waals surface area (Å²) in [5.74, 6) is 0.240. The Hall–Kier alpha value is -0.840. The minimum atomic E-state index is 0.240. The largest absolute Gasteiger partial charge is 0.506 e. The average molecular weight is 271 g/mol. The monoisotopic (exact) mass is 271 g/mol. The first kappa shape index (κ1) is 7.79. The van der Waals surface area contributed by atoms with E-state index in [0.29, 0.717) is 0 Å². The fraction of sp³-hybridized carbons (Fsp3) is 0. The first-order valence-electron chi connectivity index (χ1n) is 3.49. The molecule has 3 heteroatoms. The number of rotatable bonds is 0. The highest BCUT2D eigenvalue weighted by Gasteiger charge is 1.98. The van der Waals surface area contributed by atoms with Gasteiger partial charge in [-0.3, -0.25) is 4.98 Å². The molecule has 0 fully saturated rings. The van der Waals surface area contributed by atoms with Crippen molar-refractivity contribution in [3.63, 3.8) is 0 Å². The molecule has 2 aromatic rings. The lowest BCUT2D eigenvalue weighted by molar-refractivity contribution is 0.479. The topological polar surface area (TPSA) is 33.1 Å². The van der Waals surface area contributed by atoms with Crippen LogP contribution < -0.4 is 0 Å². The van der Waals surface area contributed by atoms with Gasteiger partial charge in [-0.1, -0.05) is 0 Å². The van der Waals surface area contributed by atoms with Gasteiger partial charge in [-0.2, -0.15) is 0 Å². The Labute approximate surface area is 83.4 Å². The number of aromatic hydroxyl groups is 1. The van der Waals surface area contributed by atoms with Crippen molar-refractivity contribution in [2.75, 3.05) is 0 Å². The van der Waals surface area contributed by atoms with E-state index in [1.807, 2.05) is 18.2 Å². The number of nitrogens with zero attached hydrogens (tertiary/aromatic N) is 1. The zero-order valence-corrected chi connectivity index (χ0v) is 8.32. The Morgan fingerprint density at radius 2 is 2.08 bits per heavy atom. The maximum Gasteiger partial charge on any atom is 0.141 e. The molecule has 2 nitrogen and oxygen atoms in total. The molecule has 1 aromatic heterocycles. The maximum absolute atomic E-state index is 9.40. The Bertz CT molecular complexity index is 428. The van der Waals surface area contributed by atoms with Crippen LogP contribution in [0.15, 0.2) is 30.6 Å². The number of fused-ring (bicyclic) bond motifs is 1. The first-order valence-corrected chi connectivity index (χ1v) is 4.57. The van der Waals surface area contributed by atoms with Crippen molar-refractivity contribution in [2.24, 2.45) is 0 Å². The summed E-state index contributed by atoms with van der Waals surface area (Å²) in [6, 6.07) is 5.85. The highest BCUT2D eigenvalue weighted by molar-refractivity contribution is 14.1. The van der Waals surface area contributed by atoms with Crippen LogP contribution in [0.1, 0.15) is 0 Å². The van der Waals surface area contributed by atoms with Gasteiger partial charge in [0, 0.05) is 20.5 Å². The molecule has 0 radical (unpaired) electrons. The van der Waals surface area contributed by atoms with Crippen LogP contribution in [0.4, 0.5) is 0 Å². The number of halogens is 1. The maximum atomic E-state index is 9.40. The second-order valence-electron chi connectivity index (χ2n) is 2.52. The molecule has 0 atom stereocenters. The van der Waals surface area contributed by atoms with Gasteiger partial charge < -0.3 is 5.11 Å². The molecule has 1 N–H and O–H groups in total. The third-order valence-electron chi connectivity index (χ3n) is 1.70. The summed E-state index contributed by atoms with van der Waals surface area (Å²) in [7, 11) is 0. The molecule has 0 aliphatic carbocycles. The highest BCUT2D eigenvalue weighted by Crippen LogP contribution is 2.23. The summed E-state index contributed by atoms with van der Waals surface area (Å²) in [6.07, 6.45) is 3.20. The summed E-state index contributed by atoms with van der Waals surface area (Å²) >= 11 is 2.23. The van der Waals surface area contributed by atoms with E-state index in [1.54, 1.807) is 6.20 Å². The quantitative estimate of drug-likeness (QED) is 0.747. The normalized spacial score (nSPS) is 10.4. The van der Waals surface area contributed by atoms with Gasteiger partial charge in [-0.15, -0.1) is 0 Å². The molecule has 0 unspecified atom stereocenters. The van der Waals surface area contributed by atoms with E-state index < -0.39 is 0 Å². The Morgan fingerprint density at radius 3 is 2.92 bits per heavy atom. The molecule has 60 valence electrons.